The number of esters is 2. The molecule has 4 bridgehead atoms. The van der Waals surface area contributed by atoms with E-state index in [4.69, 9.17) is 28.4 Å². The van der Waals surface area contributed by atoms with Crippen LogP contribution in [0.3, 0.4) is 0 Å². The molecule has 11 unspecified atom stereocenters. The van der Waals surface area contributed by atoms with Crippen molar-refractivity contribution >= 4 is 11.9 Å². The zero-order valence-electron chi connectivity index (χ0n) is 22.2. The highest BCUT2D eigenvalue weighted by Gasteiger charge is 2.79. The van der Waals surface area contributed by atoms with Gasteiger partial charge in [0.15, 0.2) is 6.29 Å². The number of cyclic esters (lactones) is 1. The molecule has 0 amide bonds. The molecule has 212 valence electrons. The third-order valence-electron chi connectivity index (χ3n) is 10.4. The number of rotatable bonds is 0. The highest BCUT2D eigenvalue weighted by Crippen LogP contribution is 2.68. The normalized spacial score (nSPS) is 50.9. The highest BCUT2D eigenvalue weighted by atomic mass is 16.7. The van der Waals surface area contributed by atoms with Crippen molar-refractivity contribution in [2.24, 2.45) is 17.3 Å². The van der Waals surface area contributed by atoms with E-state index in [-0.39, 0.29) is 43.7 Å². The van der Waals surface area contributed by atoms with E-state index in [0.717, 1.165) is 6.42 Å². The Morgan fingerprint density at radius 2 is 1.90 bits per heavy atom. The smallest absolute Gasteiger partial charge is 0.330 e. The molecule has 0 radical (unpaired) electrons. The lowest BCUT2D eigenvalue weighted by atomic mass is 9.57. The van der Waals surface area contributed by atoms with Crippen LogP contribution in [-0.4, -0.2) is 90.0 Å². The number of aliphatic hydroxyl groups is 2. The van der Waals surface area contributed by atoms with Crippen LogP contribution in [0.2, 0.25) is 0 Å². The van der Waals surface area contributed by atoms with Gasteiger partial charge in [0.2, 0.25) is 0 Å². The molecule has 7 rings (SSSR count). The standard InChI is InChI=1S/C29H36O10/c1-15-9-17-13-34-22(31)11-16-6-8-35-28(24(32)26(33)39-25(16)28)7-4-3-5-21(30)38-19-12-20-29(14-36-29)27(19,2)23(17)18(10-15)37-20/h3,5,10-11,17-20,23-26,32-33H,4,6-9,12-14H2,1-2H3. The van der Waals surface area contributed by atoms with Crippen LogP contribution in [0, 0.1) is 17.3 Å². The molecule has 7 aliphatic rings. The minimum atomic E-state index is -1.45. The van der Waals surface area contributed by atoms with Gasteiger partial charge in [0, 0.05) is 35.8 Å². The van der Waals surface area contributed by atoms with E-state index in [0.29, 0.717) is 31.4 Å². The molecule has 5 fully saturated rings. The van der Waals surface area contributed by atoms with Crippen LogP contribution in [0.1, 0.15) is 46.0 Å². The minimum absolute atomic E-state index is 0.0555. The van der Waals surface area contributed by atoms with E-state index < -0.39 is 53.2 Å². The van der Waals surface area contributed by atoms with Crippen LogP contribution in [0.5, 0.6) is 0 Å². The maximum atomic E-state index is 13.1. The highest BCUT2D eigenvalue weighted by molar-refractivity contribution is 5.83. The molecule has 5 heterocycles. The van der Waals surface area contributed by atoms with Crippen molar-refractivity contribution in [2.75, 3.05) is 19.8 Å². The van der Waals surface area contributed by atoms with Crippen LogP contribution < -0.4 is 0 Å². The van der Waals surface area contributed by atoms with Gasteiger partial charge in [-0.1, -0.05) is 24.6 Å². The zero-order chi connectivity index (χ0) is 27.2. The Balaban J connectivity index is 1.25. The van der Waals surface area contributed by atoms with E-state index in [1.807, 2.05) is 0 Å². The third-order valence-corrected chi connectivity index (χ3v) is 10.4. The monoisotopic (exact) mass is 544 g/mol. The number of epoxide rings is 1. The van der Waals surface area contributed by atoms with Gasteiger partial charge in [-0.15, -0.1) is 0 Å². The van der Waals surface area contributed by atoms with Crippen LogP contribution in [0.15, 0.2) is 35.5 Å². The molecule has 2 aliphatic carbocycles. The van der Waals surface area contributed by atoms with Crippen LogP contribution >= 0.6 is 0 Å². The summed E-state index contributed by atoms with van der Waals surface area (Å²) in [4.78, 5) is 26.2. The van der Waals surface area contributed by atoms with Gasteiger partial charge in [-0.05, 0) is 38.2 Å². The Bertz CT molecular complexity index is 1150. The molecule has 1 saturated carbocycles. The number of allylic oxidation sites excluding steroid dienone is 2. The van der Waals surface area contributed by atoms with Gasteiger partial charge in [-0.3, -0.25) is 0 Å². The van der Waals surface area contributed by atoms with Crippen molar-refractivity contribution in [1.29, 1.82) is 0 Å². The summed E-state index contributed by atoms with van der Waals surface area (Å²) in [6.45, 7) is 5.19. The summed E-state index contributed by atoms with van der Waals surface area (Å²) in [6.07, 6.45) is 4.71. The van der Waals surface area contributed by atoms with Gasteiger partial charge < -0.3 is 38.6 Å². The topological polar surface area (TPSA) is 133 Å². The molecule has 11 atom stereocenters. The quantitative estimate of drug-likeness (QED) is 0.262. The SMILES string of the molecule is CC1=CC2OC3CC4OC(=O)C=CCCC56OCCC(=CC(=O)OCC(C1)C2C4(C)C31CO1)C5OC(O)C6O. The molecule has 4 saturated heterocycles. The Hall–Kier alpha value is -2.08. The number of ether oxygens (including phenoxy) is 6. The maximum Gasteiger partial charge on any atom is 0.330 e. The molecular formula is C29H36O10. The lowest BCUT2D eigenvalue weighted by molar-refractivity contribution is -0.187. The Labute approximate surface area is 226 Å². The first kappa shape index (κ1) is 25.9. The first-order valence-electron chi connectivity index (χ1n) is 14.0. The number of carbonyl (C=O) groups is 2. The van der Waals surface area contributed by atoms with Crippen molar-refractivity contribution in [1.82, 2.24) is 0 Å². The molecule has 1 spiro atoms. The molecule has 39 heavy (non-hydrogen) atoms. The number of carbonyl (C=O) groups excluding carboxylic acids is 2. The summed E-state index contributed by atoms with van der Waals surface area (Å²) in [5, 5.41) is 21.2. The van der Waals surface area contributed by atoms with Crippen LogP contribution in [-0.2, 0) is 38.0 Å². The van der Waals surface area contributed by atoms with Gasteiger partial charge in [-0.2, -0.15) is 0 Å². The molecule has 0 aromatic heterocycles. The molecule has 5 aliphatic heterocycles. The van der Waals surface area contributed by atoms with E-state index in [2.05, 4.69) is 19.9 Å². The van der Waals surface area contributed by atoms with E-state index >= 15 is 0 Å². The van der Waals surface area contributed by atoms with Crippen molar-refractivity contribution < 1.29 is 48.2 Å². The predicted octanol–water partition coefficient (Wildman–Crippen LogP) is 1.48. The van der Waals surface area contributed by atoms with Gasteiger partial charge in [-0.25, -0.2) is 9.59 Å². The van der Waals surface area contributed by atoms with Crippen LogP contribution in [0.25, 0.3) is 0 Å². The largest absolute Gasteiger partial charge is 0.462 e. The number of hydrogen-bond acceptors (Lipinski definition) is 10. The molecular weight excluding hydrogens is 508 g/mol. The average Bonchev–Trinajstić information content (AvgIpc) is 3.63. The fourth-order valence-corrected chi connectivity index (χ4v) is 8.55. The number of hydrogen-bond donors (Lipinski definition) is 2. The number of aliphatic hydroxyl groups excluding tert-OH is 2. The van der Waals surface area contributed by atoms with Crippen molar-refractivity contribution in [3.63, 3.8) is 0 Å². The Morgan fingerprint density at radius 1 is 1.08 bits per heavy atom. The Kier molecular flexibility index (Phi) is 5.94. The summed E-state index contributed by atoms with van der Waals surface area (Å²) >= 11 is 0. The summed E-state index contributed by atoms with van der Waals surface area (Å²) in [7, 11) is 0. The second-order valence-corrected chi connectivity index (χ2v) is 12.4. The lowest BCUT2D eigenvalue weighted by Crippen LogP contribution is -2.60. The predicted molar refractivity (Wildman–Crippen MR) is 133 cm³/mol. The average molecular weight is 545 g/mol. The second kappa shape index (κ2) is 8.96. The zero-order valence-corrected chi connectivity index (χ0v) is 22.2. The lowest BCUT2D eigenvalue weighted by Gasteiger charge is -2.52. The molecule has 0 aromatic carbocycles. The molecule has 2 N–H and O–H groups in total. The van der Waals surface area contributed by atoms with E-state index in [1.54, 1.807) is 6.08 Å². The Morgan fingerprint density at radius 3 is 2.69 bits per heavy atom. The van der Waals surface area contributed by atoms with Gasteiger partial charge in [0.1, 0.15) is 29.5 Å². The van der Waals surface area contributed by atoms with Crippen molar-refractivity contribution in [3.8, 4) is 0 Å². The van der Waals surface area contributed by atoms with Crippen molar-refractivity contribution in [2.45, 2.75) is 94.0 Å². The van der Waals surface area contributed by atoms with Crippen molar-refractivity contribution in [3.05, 3.63) is 35.5 Å². The van der Waals surface area contributed by atoms with Gasteiger partial charge in [0.25, 0.3) is 0 Å². The molecule has 10 heteroatoms. The summed E-state index contributed by atoms with van der Waals surface area (Å²) < 4.78 is 36.4. The summed E-state index contributed by atoms with van der Waals surface area (Å²) in [5.41, 5.74) is -0.455. The molecule has 0 aromatic rings. The van der Waals surface area contributed by atoms with E-state index in [1.165, 1.54) is 17.7 Å². The first-order chi connectivity index (χ1) is 18.7. The first-order valence-corrected chi connectivity index (χ1v) is 14.0. The fraction of sp³-hybridized carbons (Fsp3) is 0.724. The summed E-state index contributed by atoms with van der Waals surface area (Å²) in [6, 6.07) is 0. The summed E-state index contributed by atoms with van der Waals surface area (Å²) in [5.74, 6) is -1.07. The van der Waals surface area contributed by atoms with Gasteiger partial charge >= 0.3 is 11.9 Å². The second-order valence-electron chi connectivity index (χ2n) is 12.4. The third kappa shape index (κ3) is 3.68. The van der Waals surface area contributed by atoms with Gasteiger partial charge in [0.05, 0.1) is 32.0 Å². The minimum Gasteiger partial charge on any atom is -0.462 e. The fourth-order valence-electron chi connectivity index (χ4n) is 8.55. The van der Waals surface area contributed by atoms with E-state index in [9.17, 15) is 19.8 Å². The molecule has 10 nitrogen and oxygen atoms in total. The maximum absolute atomic E-state index is 13.1. The van der Waals surface area contributed by atoms with Crippen LogP contribution in [0.4, 0.5) is 0 Å².